The van der Waals surface area contributed by atoms with Crippen LogP contribution in [0.5, 0.6) is 0 Å². The quantitative estimate of drug-likeness (QED) is 0.679. The van der Waals surface area contributed by atoms with Crippen LogP contribution in [0.3, 0.4) is 0 Å². The number of pyridine rings is 2. The minimum atomic E-state index is -0.310. The molecule has 3 nitrogen and oxygen atoms in total. The predicted molar refractivity (Wildman–Crippen MR) is 76.5 cm³/mol. The largest absolute Gasteiger partial charge is 0.294 e. The number of fused-ring (bicyclic) bond motifs is 1. The van der Waals surface area contributed by atoms with Crippen LogP contribution in [0.25, 0.3) is 10.8 Å². The van der Waals surface area contributed by atoms with Crippen LogP contribution in [-0.2, 0) is 6.54 Å². The Kier molecular flexibility index (Phi) is 3.24. The summed E-state index contributed by atoms with van der Waals surface area (Å²) in [6.07, 6.45) is 3.14. The first-order valence-electron chi connectivity index (χ1n) is 6.02. The summed E-state index contributed by atoms with van der Waals surface area (Å²) < 4.78 is 14.3. The first-order chi connectivity index (χ1) is 9.65. The van der Waals surface area contributed by atoms with Crippen molar-refractivity contribution < 1.29 is 4.39 Å². The third-order valence-corrected chi connectivity index (χ3v) is 3.43. The second kappa shape index (κ2) is 5.06. The Morgan fingerprint density at radius 3 is 2.70 bits per heavy atom. The number of aromatic nitrogens is 2. The molecule has 0 aliphatic rings. The summed E-state index contributed by atoms with van der Waals surface area (Å²) in [4.78, 5) is 16.3. The first-order valence-corrected chi connectivity index (χ1v) is 6.40. The van der Waals surface area contributed by atoms with E-state index in [2.05, 4.69) is 4.98 Å². The van der Waals surface area contributed by atoms with Crippen LogP contribution in [0.2, 0.25) is 5.15 Å². The zero-order chi connectivity index (χ0) is 14.1. The van der Waals surface area contributed by atoms with E-state index in [-0.39, 0.29) is 11.4 Å². The summed E-state index contributed by atoms with van der Waals surface area (Å²) in [7, 11) is 0. The van der Waals surface area contributed by atoms with Gasteiger partial charge in [-0.2, -0.15) is 0 Å². The molecule has 0 spiro atoms. The monoisotopic (exact) mass is 288 g/mol. The fraction of sp³-hybridized carbons (Fsp3) is 0.0667. The number of hydrogen-bond donors (Lipinski definition) is 0. The van der Waals surface area contributed by atoms with Crippen molar-refractivity contribution in [2.45, 2.75) is 6.54 Å². The number of rotatable bonds is 2. The molecule has 0 atom stereocenters. The van der Waals surface area contributed by atoms with Gasteiger partial charge < -0.3 is 0 Å². The van der Waals surface area contributed by atoms with Crippen molar-refractivity contribution in [2.24, 2.45) is 0 Å². The Labute approximate surface area is 119 Å². The van der Waals surface area contributed by atoms with E-state index in [1.807, 2.05) is 0 Å². The molecule has 20 heavy (non-hydrogen) atoms. The third kappa shape index (κ3) is 2.30. The predicted octanol–water partition coefficient (Wildman–Crippen LogP) is 3.24. The van der Waals surface area contributed by atoms with Gasteiger partial charge in [0.25, 0.3) is 5.56 Å². The average Bonchev–Trinajstić information content (AvgIpc) is 2.45. The van der Waals surface area contributed by atoms with Gasteiger partial charge >= 0.3 is 0 Å². The molecule has 3 rings (SSSR count). The van der Waals surface area contributed by atoms with Gasteiger partial charge in [-0.05, 0) is 35.2 Å². The number of benzene rings is 1. The van der Waals surface area contributed by atoms with Gasteiger partial charge in [0.1, 0.15) is 11.0 Å². The molecule has 0 amide bonds. The summed E-state index contributed by atoms with van der Waals surface area (Å²) >= 11 is 6.16. The van der Waals surface area contributed by atoms with E-state index in [1.165, 1.54) is 22.9 Å². The first kappa shape index (κ1) is 12.8. The van der Waals surface area contributed by atoms with E-state index in [4.69, 9.17) is 11.6 Å². The molecule has 0 bridgehead atoms. The minimum absolute atomic E-state index is 0.204. The van der Waals surface area contributed by atoms with Crippen LogP contribution >= 0.6 is 11.6 Å². The van der Waals surface area contributed by atoms with E-state index >= 15 is 0 Å². The van der Waals surface area contributed by atoms with Crippen LogP contribution in [0.15, 0.2) is 53.6 Å². The van der Waals surface area contributed by atoms with Crippen LogP contribution in [-0.4, -0.2) is 9.55 Å². The number of halogens is 2. The van der Waals surface area contributed by atoms with Crippen LogP contribution in [0, 0.1) is 5.82 Å². The highest BCUT2D eigenvalue weighted by Crippen LogP contribution is 2.16. The lowest BCUT2D eigenvalue weighted by Crippen LogP contribution is -2.21. The fourth-order valence-electron chi connectivity index (χ4n) is 2.08. The van der Waals surface area contributed by atoms with Gasteiger partial charge in [0.15, 0.2) is 0 Å². The molecule has 0 saturated carbocycles. The SMILES string of the molecule is O=c1c2cnccc2cc(Cl)n1Cc1ccc(F)cc1. The van der Waals surface area contributed by atoms with E-state index in [0.29, 0.717) is 17.1 Å². The molecule has 0 fully saturated rings. The van der Waals surface area contributed by atoms with Crippen LogP contribution in [0.4, 0.5) is 4.39 Å². The molecule has 0 radical (unpaired) electrons. The van der Waals surface area contributed by atoms with Crippen molar-refractivity contribution in [3.63, 3.8) is 0 Å². The Hall–Kier alpha value is -2.20. The van der Waals surface area contributed by atoms with Gasteiger partial charge in [0.05, 0.1) is 11.9 Å². The number of hydrogen-bond acceptors (Lipinski definition) is 2. The van der Waals surface area contributed by atoms with Crippen molar-refractivity contribution in [2.75, 3.05) is 0 Å². The molecule has 2 aromatic heterocycles. The third-order valence-electron chi connectivity index (χ3n) is 3.12. The summed E-state index contributed by atoms with van der Waals surface area (Å²) in [5.74, 6) is -0.310. The Morgan fingerprint density at radius 2 is 1.95 bits per heavy atom. The Balaban J connectivity index is 2.11. The van der Waals surface area contributed by atoms with Gasteiger partial charge in [-0.25, -0.2) is 4.39 Å². The van der Waals surface area contributed by atoms with Gasteiger partial charge in [0.2, 0.25) is 0 Å². The lowest BCUT2D eigenvalue weighted by molar-refractivity contribution is 0.626. The van der Waals surface area contributed by atoms with Gasteiger partial charge in [-0.15, -0.1) is 0 Å². The molecule has 0 saturated heterocycles. The van der Waals surface area contributed by atoms with Gasteiger partial charge in [-0.3, -0.25) is 14.3 Å². The molecule has 0 N–H and O–H groups in total. The zero-order valence-electron chi connectivity index (χ0n) is 10.4. The maximum atomic E-state index is 12.9. The minimum Gasteiger partial charge on any atom is -0.294 e. The smallest absolute Gasteiger partial charge is 0.261 e. The molecule has 0 aliphatic heterocycles. The van der Waals surface area contributed by atoms with Gasteiger partial charge in [-0.1, -0.05) is 23.7 Å². The Morgan fingerprint density at radius 1 is 1.20 bits per heavy atom. The Bertz CT molecular complexity index is 827. The maximum Gasteiger partial charge on any atom is 0.261 e. The van der Waals surface area contributed by atoms with E-state index in [9.17, 15) is 9.18 Å². The van der Waals surface area contributed by atoms with Crippen LogP contribution < -0.4 is 5.56 Å². The normalized spacial score (nSPS) is 10.9. The van der Waals surface area contributed by atoms with E-state index < -0.39 is 0 Å². The summed E-state index contributed by atoms with van der Waals surface area (Å²) in [5.41, 5.74) is 0.601. The lowest BCUT2D eigenvalue weighted by Gasteiger charge is -2.10. The lowest BCUT2D eigenvalue weighted by atomic mass is 10.2. The highest BCUT2D eigenvalue weighted by atomic mass is 35.5. The van der Waals surface area contributed by atoms with Crippen molar-refractivity contribution >= 4 is 22.4 Å². The number of nitrogens with zero attached hydrogens (tertiary/aromatic N) is 2. The van der Waals surface area contributed by atoms with Gasteiger partial charge in [0, 0.05) is 12.4 Å². The molecule has 2 heterocycles. The standard InChI is InChI=1S/C15H10ClFN2O/c16-14-7-11-5-6-18-8-13(11)15(20)19(14)9-10-1-3-12(17)4-2-10/h1-8H,9H2. The van der Waals surface area contributed by atoms with E-state index in [1.54, 1.807) is 30.5 Å². The fourth-order valence-corrected chi connectivity index (χ4v) is 2.33. The molecular formula is C15H10ClFN2O. The van der Waals surface area contributed by atoms with E-state index in [0.717, 1.165) is 10.9 Å². The molecule has 3 aromatic rings. The second-order valence-corrected chi connectivity index (χ2v) is 4.83. The van der Waals surface area contributed by atoms with Crippen molar-refractivity contribution in [1.82, 2.24) is 9.55 Å². The van der Waals surface area contributed by atoms with Crippen molar-refractivity contribution in [1.29, 1.82) is 0 Å². The topological polar surface area (TPSA) is 34.9 Å². The molecule has 100 valence electrons. The summed E-state index contributed by atoms with van der Waals surface area (Å²) in [5, 5.41) is 1.61. The highest BCUT2D eigenvalue weighted by Gasteiger charge is 2.08. The van der Waals surface area contributed by atoms with Crippen molar-refractivity contribution in [3.05, 3.63) is 75.7 Å². The second-order valence-electron chi connectivity index (χ2n) is 4.45. The zero-order valence-corrected chi connectivity index (χ0v) is 11.1. The maximum absolute atomic E-state index is 12.9. The highest BCUT2D eigenvalue weighted by molar-refractivity contribution is 6.30. The summed E-state index contributed by atoms with van der Waals surface area (Å²) in [6, 6.07) is 9.44. The van der Waals surface area contributed by atoms with Crippen molar-refractivity contribution in [3.8, 4) is 0 Å². The van der Waals surface area contributed by atoms with Crippen LogP contribution in [0.1, 0.15) is 5.56 Å². The molecular weight excluding hydrogens is 279 g/mol. The molecule has 5 heteroatoms. The summed E-state index contributed by atoms with van der Waals surface area (Å²) in [6.45, 7) is 0.294. The molecule has 0 aliphatic carbocycles. The molecule has 1 aromatic carbocycles. The average molecular weight is 289 g/mol. The molecule has 0 unspecified atom stereocenters.